The van der Waals surface area contributed by atoms with Crippen LogP contribution in [-0.4, -0.2) is 38.4 Å². The van der Waals surface area contributed by atoms with E-state index in [-0.39, 0.29) is 12.1 Å². The summed E-state index contributed by atoms with van der Waals surface area (Å²) in [5.41, 5.74) is 2.27. The highest BCUT2D eigenvalue weighted by molar-refractivity contribution is 5.75. The summed E-state index contributed by atoms with van der Waals surface area (Å²) in [7, 11) is 1.71. The normalized spacial score (nSPS) is 12.3. The first-order chi connectivity index (χ1) is 11.6. The van der Waals surface area contributed by atoms with Crippen molar-refractivity contribution in [3.63, 3.8) is 0 Å². The third-order valence-corrected chi connectivity index (χ3v) is 3.63. The van der Waals surface area contributed by atoms with E-state index >= 15 is 0 Å². The van der Waals surface area contributed by atoms with E-state index in [1.165, 1.54) is 0 Å². The molecule has 3 aromatic rings. The van der Waals surface area contributed by atoms with E-state index in [4.69, 9.17) is 4.52 Å². The smallest absolute Gasteiger partial charge is 0.318 e. The number of nitrogens with zero attached hydrogens (tertiary/aromatic N) is 5. The second-order valence-corrected chi connectivity index (χ2v) is 5.53. The van der Waals surface area contributed by atoms with Crippen molar-refractivity contribution >= 4 is 17.1 Å². The van der Waals surface area contributed by atoms with Gasteiger partial charge >= 0.3 is 6.03 Å². The number of aryl methyl sites for hydroxylation is 1. The molecule has 1 atom stereocenters. The highest BCUT2D eigenvalue weighted by Crippen LogP contribution is 2.16. The standard InChI is InChI=1S/C15H18N6O3/c1-4-11(14-16-9(2)18-23-14)17-15(22)21(3)8-10-5-6-12-13(7-10)20-24-19-12/h5-7,11H,4,8H2,1-3H3,(H,17,22)/t11-/m0/s1. The molecule has 2 aromatic heterocycles. The fourth-order valence-electron chi connectivity index (χ4n) is 2.32. The molecule has 0 aliphatic carbocycles. The van der Waals surface area contributed by atoms with E-state index in [1.807, 2.05) is 25.1 Å². The Bertz CT molecular complexity index is 842. The van der Waals surface area contributed by atoms with Crippen LogP contribution in [0.3, 0.4) is 0 Å². The van der Waals surface area contributed by atoms with Gasteiger partial charge < -0.3 is 14.7 Å². The molecule has 0 radical (unpaired) electrons. The molecule has 0 aliphatic rings. The van der Waals surface area contributed by atoms with Gasteiger partial charge in [-0.3, -0.25) is 0 Å². The topological polar surface area (TPSA) is 110 Å². The largest absolute Gasteiger partial charge is 0.337 e. The molecule has 0 unspecified atom stereocenters. The van der Waals surface area contributed by atoms with Crippen LogP contribution in [0.25, 0.3) is 11.0 Å². The summed E-state index contributed by atoms with van der Waals surface area (Å²) in [6.07, 6.45) is 0.651. The molecular formula is C15H18N6O3. The van der Waals surface area contributed by atoms with Crippen molar-refractivity contribution in [2.24, 2.45) is 0 Å². The molecule has 0 bridgehead atoms. The lowest BCUT2D eigenvalue weighted by Crippen LogP contribution is -2.39. The van der Waals surface area contributed by atoms with Crippen molar-refractivity contribution in [2.75, 3.05) is 7.05 Å². The SMILES string of the molecule is CC[C@H](NC(=O)N(C)Cc1ccc2nonc2c1)c1nc(C)no1. The van der Waals surface area contributed by atoms with Gasteiger partial charge in [0.15, 0.2) is 5.82 Å². The molecule has 126 valence electrons. The number of nitrogens with one attached hydrogen (secondary N) is 1. The average molecular weight is 330 g/mol. The molecule has 0 fully saturated rings. The predicted octanol–water partition coefficient (Wildman–Crippen LogP) is 2.21. The lowest BCUT2D eigenvalue weighted by atomic mass is 10.2. The van der Waals surface area contributed by atoms with Crippen LogP contribution in [0, 0.1) is 6.92 Å². The zero-order valence-corrected chi connectivity index (χ0v) is 13.7. The molecule has 1 aromatic carbocycles. The molecule has 0 saturated heterocycles. The Hall–Kier alpha value is -2.97. The minimum Gasteiger partial charge on any atom is -0.337 e. The van der Waals surface area contributed by atoms with Gasteiger partial charge in [-0.15, -0.1) is 0 Å². The van der Waals surface area contributed by atoms with Crippen molar-refractivity contribution in [3.8, 4) is 0 Å². The molecule has 24 heavy (non-hydrogen) atoms. The Morgan fingerprint density at radius 2 is 2.08 bits per heavy atom. The Morgan fingerprint density at radius 3 is 2.79 bits per heavy atom. The highest BCUT2D eigenvalue weighted by Gasteiger charge is 2.20. The summed E-state index contributed by atoms with van der Waals surface area (Å²) >= 11 is 0. The third kappa shape index (κ3) is 3.34. The van der Waals surface area contributed by atoms with E-state index in [0.29, 0.717) is 35.7 Å². The van der Waals surface area contributed by atoms with Gasteiger partial charge in [0.1, 0.15) is 17.1 Å². The minimum atomic E-state index is -0.316. The first-order valence-electron chi connectivity index (χ1n) is 7.60. The number of urea groups is 1. The summed E-state index contributed by atoms with van der Waals surface area (Å²) in [4.78, 5) is 18.1. The third-order valence-electron chi connectivity index (χ3n) is 3.63. The molecule has 2 amide bonds. The van der Waals surface area contributed by atoms with Crippen LogP contribution >= 0.6 is 0 Å². The van der Waals surface area contributed by atoms with Gasteiger partial charge in [0.2, 0.25) is 5.89 Å². The summed E-state index contributed by atoms with van der Waals surface area (Å²) in [5.74, 6) is 0.951. The van der Waals surface area contributed by atoms with E-state index in [0.717, 1.165) is 5.56 Å². The molecular weight excluding hydrogens is 312 g/mol. The number of hydrogen-bond acceptors (Lipinski definition) is 7. The van der Waals surface area contributed by atoms with Gasteiger partial charge in [0.05, 0.1) is 0 Å². The number of rotatable bonds is 5. The van der Waals surface area contributed by atoms with Crippen LogP contribution in [0.1, 0.15) is 36.7 Å². The lowest BCUT2D eigenvalue weighted by Gasteiger charge is -2.21. The molecule has 9 heteroatoms. The zero-order valence-electron chi connectivity index (χ0n) is 13.7. The number of carbonyl (C=O) groups excluding carboxylic acids is 1. The van der Waals surface area contributed by atoms with E-state index in [9.17, 15) is 4.79 Å². The van der Waals surface area contributed by atoms with Crippen molar-refractivity contribution in [1.82, 2.24) is 30.7 Å². The highest BCUT2D eigenvalue weighted by atomic mass is 16.6. The molecule has 1 N–H and O–H groups in total. The zero-order chi connectivity index (χ0) is 17.1. The molecule has 2 heterocycles. The molecule has 0 spiro atoms. The van der Waals surface area contributed by atoms with Gasteiger partial charge in [-0.25, -0.2) is 9.42 Å². The van der Waals surface area contributed by atoms with Crippen molar-refractivity contribution < 1.29 is 13.9 Å². The minimum absolute atomic E-state index is 0.226. The second-order valence-electron chi connectivity index (χ2n) is 5.53. The van der Waals surface area contributed by atoms with Gasteiger partial charge in [-0.2, -0.15) is 4.98 Å². The van der Waals surface area contributed by atoms with E-state index in [1.54, 1.807) is 18.9 Å². The predicted molar refractivity (Wildman–Crippen MR) is 83.9 cm³/mol. The maximum Gasteiger partial charge on any atom is 0.318 e. The van der Waals surface area contributed by atoms with Gasteiger partial charge in [-0.05, 0) is 41.4 Å². The Balaban J connectivity index is 1.65. The van der Waals surface area contributed by atoms with Crippen LogP contribution < -0.4 is 5.32 Å². The Kier molecular flexibility index (Phi) is 4.41. The first kappa shape index (κ1) is 15.9. The fourth-order valence-corrected chi connectivity index (χ4v) is 2.32. The van der Waals surface area contributed by atoms with Gasteiger partial charge in [-0.1, -0.05) is 18.1 Å². The Morgan fingerprint density at radius 1 is 1.29 bits per heavy atom. The summed E-state index contributed by atoms with van der Waals surface area (Å²) in [6.45, 7) is 4.10. The molecule has 0 saturated carbocycles. The second kappa shape index (κ2) is 6.65. The summed E-state index contributed by atoms with van der Waals surface area (Å²) < 4.78 is 9.81. The van der Waals surface area contributed by atoms with Crippen LogP contribution in [0.15, 0.2) is 27.4 Å². The van der Waals surface area contributed by atoms with Gasteiger partial charge in [0.25, 0.3) is 0 Å². The average Bonchev–Trinajstić information content (AvgIpc) is 3.20. The van der Waals surface area contributed by atoms with E-state index in [2.05, 4.69) is 30.4 Å². The monoisotopic (exact) mass is 330 g/mol. The number of amides is 2. The van der Waals surface area contributed by atoms with Crippen molar-refractivity contribution in [1.29, 1.82) is 0 Å². The van der Waals surface area contributed by atoms with Gasteiger partial charge in [0, 0.05) is 13.6 Å². The molecule has 0 aliphatic heterocycles. The summed E-state index contributed by atoms with van der Waals surface area (Å²) in [6, 6.07) is 4.99. The van der Waals surface area contributed by atoms with Crippen LogP contribution in [-0.2, 0) is 6.54 Å². The van der Waals surface area contributed by atoms with Crippen molar-refractivity contribution in [3.05, 3.63) is 35.5 Å². The number of benzene rings is 1. The van der Waals surface area contributed by atoms with E-state index < -0.39 is 0 Å². The Labute approximate surface area is 138 Å². The van der Waals surface area contributed by atoms with Crippen molar-refractivity contribution in [2.45, 2.75) is 32.9 Å². The maximum atomic E-state index is 12.4. The van der Waals surface area contributed by atoms with Crippen LogP contribution in [0.5, 0.6) is 0 Å². The number of hydrogen-bond donors (Lipinski definition) is 1. The quantitative estimate of drug-likeness (QED) is 0.763. The van der Waals surface area contributed by atoms with Crippen LogP contribution in [0.2, 0.25) is 0 Å². The summed E-state index contributed by atoms with van der Waals surface area (Å²) in [5, 5.41) is 14.2. The molecule has 3 rings (SSSR count). The number of fused-ring (bicyclic) bond motifs is 1. The fraction of sp³-hybridized carbons (Fsp3) is 0.400. The van der Waals surface area contributed by atoms with Crippen LogP contribution in [0.4, 0.5) is 4.79 Å². The maximum absolute atomic E-state index is 12.4. The number of carbonyl (C=O) groups is 1. The number of aromatic nitrogens is 4. The molecule has 9 nitrogen and oxygen atoms in total. The lowest BCUT2D eigenvalue weighted by molar-refractivity contribution is 0.198. The first-order valence-corrected chi connectivity index (χ1v) is 7.60.